The number of anilines is 1. The molecule has 4 rings (SSSR count). The topological polar surface area (TPSA) is 142 Å². The number of rotatable bonds is 11. The molecule has 1 unspecified atom stereocenters. The zero-order valence-corrected chi connectivity index (χ0v) is 25.9. The van der Waals surface area contributed by atoms with E-state index in [2.05, 4.69) is 22.8 Å². The molecule has 0 spiro atoms. The Labute approximate surface area is 259 Å². The molecule has 12 heteroatoms. The van der Waals surface area contributed by atoms with Gasteiger partial charge in [0.05, 0.1) is 37.2 Å². The molecule has 1 atom stereocenters. The molecule has 1 aromatic heterocycles. The van der Waals surface area contributed by atoms with Gasteiger partial charge in [-0.25, -0.2) is 15.0 Å². The summed E-state index contributed by atoms with van der Waals surface area (Å²) in [5.74, 6) is -1.46. The zero-order chi connectivity index (χ0) is 31.6. The van der Waals surface area contributed by atoms with E-state index in [9.17, 15) is 19.2 Å². The van der Waals surface area contributed by atoms with Gasteiger partial charge in [0.1, 0.15) is 10.8 Å². The Hall–Kier alpha value is -4.71. The van der Waals surface area contributed by atoms with Crippen LogP contribution in [0.25, 0.3) is 0 Å². The molecule has 2 amide bonds. The summed E-state index contributed by atoms with van der Waals surface area (Å²) in [6, 6.07) is 11.3. The maximum atomic E-state index is 12.7. The Bertz CT molecular complexity index is 1550. The highest BCUT2D eigenvalue weighted by molar-refractivity contribution is 7.17. The van der Waals surface area contributed by atoms with Crippen molar-refractivity contribution in [1.82, 2.24) is 5.43 Å². The van der Waals surface area contributed by atoms with Gasteiger partial charge in [-0.3, -0.25) is 9.59 Å². The number of hydrogen-bond donors (Lipinski definition) is 2. The quantitative estimate of drug-likeness (QED) is 0.0984. The predicted octanol–water partition coefficient (Wildman–Crippen LogP) is 5.16. The zero-order valence-electron chi connectivity index (χ0n) is 25.1. The molecular weight excluding hydrogens is 586 g/mol. The number of hydrazone groups is 1. The molecule has 0 fully saturated rings. The number of carbonyl (C=O) groups excluding carboxylic acids is 4. The fraction of sp³-hybridized carbons (Fsp3) is 0.344. The fourth-order valence-electron chi connectivity index (χ4n) is 4.60. The molecule has 0 aliphatic heterocycles. The highest BCUT2D eigenvalue weighted by Gasteiger charge is 2.30. The molecule has 11 nitrogen and oxygen atoms in total. The van der Waals surface area contributed by atoms with Gasteiger partial charge in [-0.1, -0.05) is 6.92 Å². The number of carbonyl (C=O) groups is 4. The second kappa shape index (κ2) is 15.1. The number of amides is 2. The summed E-state index contributed by atoms with van der Waals surface area (Å²) in [6.45, 7) is 8.53. The van der Waals surface area contributed by atoms with Gasteiger partial charge in [0.15, 0.2) is 11.5 Å². The minimum absolute atomic E-state index is 0.194. The number of fused-ring (bicyclic) bond motifs is 1. The summed E-state index contributed by atoms with van der Waals surface area (Å²) in [6.07, 6.45) is 3.75. The van der Waals surface area contributed by atoms with Crippen molar-refractivity contribution in [2.45, 2.75) is 47.0 Å². The lowest BCUT2D eigenvalue weighted by atomic mass is 9.88. The van der Waals surface area contributed by atoms with Crippen LogP contribution in [-0.4, -0.2) is 49.8 Å². The number of benzene rings is 2. The summed E-state index contributed by atoms with van der Waals surface area (Å²) in [5.41, 5.74) is 4.24. The number of ether oxygens (including phenoxy) is 4. The number of esters is 2. The van der Waals surface area contributed by atoms with Crippen LogP contribution >= 0.6 is 11.3 Å². The van der Waals surface area contributed by atoms with E-state index in [-0.39, 0.29) is 12.4 Å². The van der Waals surface area contributed by atoms with Crippen molar-refractivity contribution in [1.29, 1.82) is 0 Å². The van der Waals surface area contributed by atoms with Crippen LogP contribution in [0, 0.1) is 5.92 Å². The Kier molecular flexibility index (Phi) is 11.1. The molecule has 232 valence electrons. The van der Waals surface area contributed by atoms with E-state index in [1.165, 1.54) is 17.6 Å². The third kappa shape index (κ3) is 8.01. The average molecular weight is 622 g/mol. The van der Waals surface area contributed by atoms with Crippen LogP contribution in [0.5, 0.6) is 17.2 Å². The lowest BCUT2D eigenvalue weighted by molar-refractivity contribution is -0.136. The smallest absolute Gasteiger partial charge is 0.343 e. The lowest BCUT2D eigenvalue weighted by Gasteiger charge is -2.18. The van der Waals surface area contributed by atoms with E-state index < -0.39 is 23.8 Å². The van der Waals surface area contributed by atoms with Crippen molar-refractivity contribution < 1.29 is 38.1 Å². The van der Waals surface area contributed by atoms with Gasteiger partial charge < -0.3 is 24.3 Å². The minimum atomic E-state index is -1.01. The minimum Gasteiger partial charge on any atom is -0.494 e. The first-order valence-corrected chi connectivity index (χ1v) is 15.2. The van der Waals surface area contributed by atoms with E-state index in [4.69, 9.17) is 18.9 Å². The van der Waals surface area contributed by atoms with E-state index in [0.29, 0.717) is 58.7 Å². The number of nitrogens with one attached hydrogen (secondary N) is 2. The normalized spacial score (nSPS) is 14.0. The largest absolute Gasteiger partial charge is 0.494 e. The molecule has 0 saturated carbocycles. The summed E-state index contributed by atoms with van der Waals surface area (Å²) < 4.78 is 21.8. The Morgan fingerprint density at radius 3 is 2.39 bits per heavy atom. The van der Waals surface area contributed by atoms with Gasteiger partial charge in [-0.2, -0.15) is 5.10 Å². The van der Waals surface area contributed by atoms with Crippen LogP contribution in [0.2, 0.25) is 0 Å². The molecule has 1 heterocycles. The van der Waals surface area contributed by atoms with E-state index in [1.54, 1.807) is 56.3 Å². The third-order valence-electron chi connectivity index (χ3n) is 6.68. The van der Waals surface area contributed by atoms with Crippen molar-refractivity contribution in [3.8, 4) is 17.2 Å². The van der Waals surface area contributed by atoms with Crippen LogP contribution < -0.4 is 25.0 Å². The molecule has 0 saturated heterocycles. The van der Waals surface area contributed by atoms with Gasteiger partial charge in [0.2, 0.25) is 0 Å². The highest BCUT2D eigenvalue weighted by Crippen LogP contribution is 2.40. The SMILES string of the molecule is CCOC(=O)c1c(NC(=O)C(=O)NN=Cc2ccc(OC(=O)c3ccc(OCC)cc3)c(OCC)c2)sc2c1CCC(C)C2. The number of nitrogens with zero attached hydrogens (tertiary/aromatic N) is 1. The highest BCUT2D eigenvalue weighted by atomic mass is 32.1. The molecule has 44 heavy (non-hydrogen) atoms. The van der Waals surface area contributed by atoms with E-state index in [1.807, 2.05) is 6.92 Å². The van der Waals surface area contributed by atoms with Crippen molar-refractivity contribution in [2.75, 3.05) is 25.1 Å². The molecule has 1 aliphatic rings. The number of hydrogen-bond acceptors (Lipinski definition) is 10. The first-order valence-electron chi connectivity index (χ1n) is 14.4. The molecular formula is C32H35N3O8S. The van der Waals surface area contributed by atoms with Crippen molar-refractivity contribution in [3.05, 3.63) is 69.6 Å². The molecule has 1 aliphatic carbocycles. The third-order valence-corrected chi connectivity index (χ3v) is 7.85. The van der Waals surface area contributed by atoms with Crippen LogP contribution in [0.1, 0.15) is 70.8 Å². The molecule has 0 radical (unpaired) electrons. The van der Waals surface area contributed by atoms with Crippen molar-refractivity contribution in [3.63, 3.8) is 0 Å². The van der Waals surface area contributed by atoms with Crippen LogP contribution in [-0.2, 0) is 27.2 Å². The van der Waals surface area contributed by atoms with Gasteiger partial charge >= 0.3 is 23.8 Å². The maximum Gasteiger partial charge on any atom is 0.343 e. The molecule has 2 aromatic carbocycles. The first-order chi connectivity index (χ1) is 21.2. The molecule has 3 aromatic rings. The van der Waals surface area contributed by atoms with Crippen molar-refractivity contribution >= 4 is 46.3 Å². The second-order valence-corrected chi connectivity index (χ2v) is 11.0. The Morgan fingerprint density at radius 1 is 0.932 bits per heavy atom. The van der Waals surface area contributed by atoms with Gasteiger partial charge in [0, 0.05) is 4.88 Å². The average Bonchev–Trinajstić information content (AvgIpc) is 3.35. The van der Waals surface area contributed by atoms with E-state index in [0.717, 1.165) is 23.3 Å². The van der Waals surface area contributed by atoms with Crippen LogP contribution in [0.15, 0.2) is 47.6 Å². The summed E-state index contributed by atoms with van der Waals surface area (Å²) >= 11 is 1.29. The Balaban J connectivity index is 1.40. The van der Waals surface area contributed by atoms with Crippen LogP contribution in [0.3, 0.4) is 0 Å². The monoisotopic (exact) mass is 621 g/mol. The summed E-state index contributed by atoms with van der Waals surface area (Å²) in [5, 5.41) is 6.74. The second-order valence-electron chi connectivity index (χ2n) is 9.92. The standard InChI is InChI=1S/C32H35N3O8S/c1-5-40-22-12-10-21(11-13-22)31(38)43-24-15-9-20(17-25(24)41-6-2)18-33-35-29(37)28(36)34-30-27(32(39)42-7-3)23-14-8-19(4)16-26(23)44-30/h9-13,15,17-19H,5-8,14,16H2,1-4H3,(H,34,36)(H,35,37). The van der Waals surface area contributed by atoms with Gasteiger partial charge in [-0.05, 0) is 99.5 Å². The van der Waals surface area contributed by atoms with Gasteiger partial charge in [-0.15, -0.1) is 11.3 Å². The Morgan fingerprint density at radius 2 is 1.68 bits per heavy atom. The molecule has 2 N–H and O–H groups in total. The first kappa shape index (κ1) is 32.2. The maximum absolute atomic E-state index is 12.7. The fourth-order valence-corrected chi connectivity index (χ4v) is 6.00. The van der Waals surface area contributed by atoms with E-state index >= 15 is 0 Å². The van der Waals surface area contributed by atoms with Gasteiger partial charge in [0.25, 0.3) is 0 Å². The van der Waals surface area contributed by atoms with Crippen LogP contribution in [0.4, 0.5) is 5.00 Å². The summed E-state index contributed by atoms with van der Waals surface area (Å²) in [7, 11) is 0. The number of thiophene rings is 1. The lowest BCUT2D eigenvalue weighted by Crippen LogP contribution is -2.32. The summed E-state index contributed by atoms with van der Waals surface area (Å²) in [4.78, 5) is 51.6. The molecule has 0 bridgehead atoms. The predicted molar refractivity (Wildman–Crippen MR) is 166 cm³/mol. The van der Waals surface area contributed by atoms with Crippen molar-refractivity contribution in [2.24, 2.45) is 11.0 Å².